The summed E-state index contributed by atoms with van der Waals surface area (Å²) in [6.45, 7) is 1.66. The number of nitrogens with zero attached hydrogens (tertiary/aromatic N) is 2. The fraction of sp³-hybridized carbons (Fsp3) is 0.333. The molecule has 35 heavy (non-hydrogen) atoms. The van der Waals surface area contributed by atoms with E-state index < -0.39 is 6.04 Å². The maximum Gasteiger partial charge on any atom is 0.261 e. The predicted molar refractivity (Wildman–Crippen MR) is 137 cm³/mol. The Balaban J connectivity index is 1.67. The van der Waals surface area contributed by atoms with Crippen molar-refractivity contribution in [3.05, 3.63) is 82.3 Å². The first-order chi connectivity index (χ1) is 17.0. The van der Waals surface area contributed by atoms with E-state index in [4.69, 9.17) is 0 Å². The van der Waals surface area contributed by atoms with Gasteiger partial charge in [-0.05, 0) is 48.9 Å². The summed E-state index contributed by atoms with van der Waals surface area (Å²) in [4.78, 5) is 46.2. The van der Waals surface area contributed by atoms with Gasteiger partial charge in [-0.2, -0.15) is 0 Å². The van der Waals surface area contributed by atoms with Crippen LogP contribution in [0.1, 0.15) is 58.9 Å². The fourth-order valence-electron chi connectivity index (χ4n) is 4.47. The molecule has 0 saturated heterocycles. The van der Waals surface area contributed by atoms with Crippen LogP contribution in [-0.2, 0) is 9.59 Å². The highest BCUT2D eigenvalue weighted by molar-refractivity contribution is 7.12. The molecule has 4 rings (SSSR count). The molecule has 7 nitrogen and oxygen atoms in total. The number of thiophene rings is 1. The van der Waals surface area contributed by atoms with E-state index in [1.54, 1.807) is 36.7 Å². The summed E-state index contributed by atoms with van der Waals surface area (Å²) in [6.07, 6.45) is 8.46. The molecular formula is C27H30N4O3S. The molecule has 1 aliphatic rings. The third kappa shape index (κ3) is 6.14. The van der Waals surface area contributed by atoms with E-state index in [2.05, 4.69) is 15.6 Å². The maximum atomic E-state index is 13.7. The molecular weight excluding hydrogens is 460 g/mol. The summed E-state index contributed by atoms with van der Waals surface area (Å²) in [7, 11) is 0. The van der Waals surface area contributed by atoms with Gasteiger partial charge >= 0.3 is 0 Å². The first-order valence-corrected chi connectivity index (χ1v) is 12.8. The van der Waals surface area contributed by atoms with Gasteiger partial charge in [-0.3, -0.25) is 24.3 Å². The molecule has 3 aromatic rings. The van der Waals surface area contributed by atoms with Crippen LogP contribution in [0.2, 0.25) is 0 Å². The number of hydrogen-bond donors (Lipinski definition) is 2. The lowest BCUT2D eigenvalue weighted by atomic mass is 9.94. The lowest BCUT2D eigenvalue weighted by Crippen LogP contribution is -2.50. The number of aromatic nitrogens is 1. The van der Waals surface area contributed by atoms with Crippen molar-refractivity contribution in [1.82, 2.24) is 15.6 Å². The first kappa shape index (κ1) is 24.6. The Morgan fingerprint density at radius 1 is 1.06 bits per heavy atom. The number of anilines is 1. The fourth-order valence-corrected chi connectivity index (χ4v) is 5.11. The predicted octanol–water partition coefficient (Wildman–Crippen LogP) is 4.40. The van der Waals surface area contributed by atoms with Crippen molar-refractivity contribution in [2.45, 2.75) is 51.1 Å². The number of carbonyl (C=O) groups is 3. The number of hydrogen-bond acceptors (Lipinski definition) is 5. The van der Waals surface area contributed by atoms with Crippen molar-refractivity contribution in [3.63, 3.8) is 0 Å². The first-order valence-electron chi connectivity index (χ1n) is 11.9. The SMILES string of the molecule is Cc1ccccc1N(C(=O)CNC(=O)c1cccs1)[C@@H](C(=O)NC1CCCCC1)c1cccnc1. The highest BCUT2D eigenvalue weighted by Gasteiger charge is 2.35. The zero-order chi connectivity index (χ0) is 24.6. The van der Waals surface area contributed by atoms with Crippen LogP contribution in [0, 0.1) is 6.92 Å². The van der Waals surface area contributed by atoms with Gasteiger partial charge in [-0.25, -0.2) is 0 Å². The molecule has 0 radical (unpaired) electrons. The van der Waals surface area contributed by atoms with Gasteiger partial charge in [0.15, 0.2) is 0 Å². The van der Waals surface area contributed by atoms with Crippen LogP contribution in [0.5, 0.6) is 0 Å². The minimum atomic E-state index is -0.919. The summed E-state index contributed by atoms with van der Waals surface area (Å²) < 4.78 is 0. The standard InChI is InChI=1S/C27H30N4O3S/c1-19-9-5-6-13-22(19)31(24(32)18-29-26(33)23-14-8-16-35-23)25(20-10-7-15-28-17-20)27(34)30-21-11-3-2-4-12-21/h5-10,13-17,21,25H,2-4,11-12,18H2,1H3,(H,29,33)(H,30,34)/t25-/m1/s1. The number of para-hydroxylation sites is 1. The second-order valence-corrected chi connectivity index (χ2v) is 9.69. The Labute approximate surface area is 209 Å². The van der Waals surface area contributed by atoms with Gasteiger partial charge in [0, 0.05) is 29.7 Å². The molecule has 3 amide bonds. The second-order valence-electron chi connectivity index (χ2n) is 8.74. The molecule has 0 spiro atoms. The minimum absolute atomic E-state index is 0.0859. The maximum absolute atomic E-state index is 13.7. The lowest BCUT2D eigenvalue weighted by molar-refractivity contribution is -0.127. The molecule has 0 unspecified atom stereocenters. The van der Waals surface area contributed by atoms with Crippen molar-refractivity contribution in [2.24, 2.45) is 0 Å². The van der Waals surface area contributed by atoms with E-state index >= 15 is 0 Å². The van der Waals surface area contributed by atoms with Crippen molar-refractivity contribution in [1.29, 1.82) is 0 Å². The minimum Gasteiger partial charge on any atom is -0.351 e. The highest BCUT2D eigenvalue weighted by atomic mass is 32.1. The lowest BCUT2D eigenvalue weighted by Gasteiger charge is -2.34. The van der Waals surface area contributed by atoms with E-state index in [0.717, 1.165) is 31.2 Å². The molecule has 1 fully saturated rings. The van der Waals surface area contributed by atoms with E-state index in [-0.39, 0.29) is 30.3 Å². The molecule has 2 aromatic heterocycles. The third-order valence-corrected chi connectivity index (χ3v) is 7.12. The van der Waals surface area contributed by atoms with Crippen LogP contribution in [0.4, 0.5) is 5.69 Å². The molecule has 1 aliphatic carbocycles. The monoisotopic (exact) mass is 490 g/mol. The summed E-state index contributed by atoms with van der Waals surface area (Å²) in [5, 5.41) is 7.71. The van der Waals surface area contributed by atoms with E-state index in [1.807, 2.05) is 36.6 Å². The molecule has 2 heterocycles. The number of nitrogens with one attached hydrogen (secondary N) is 2. The number of carbonyl (C=O) groups excluding carboxylic acids is 3. The van der Waals surface area contributed by atoms with Crippen molar-refractivity contribution in [3.8, 4) is 0 Å². The number of aryl methyl sites for hydroxylation is 1. The van der Waals surface area contributed by atoms with E-state index in [0.29, 0.717) is 16.1 Å². The molecule has 2 N–H and O–H groups in total. The van der Waals surface area contributed by atoms with Crippen LogP contribution in [-0.4, -0.2) is 35.3 Å². The molecule has 8 heteroatoms. The van der Waals surface area contributed by atoms with Gasteiger partial charge < -0.3 is 10.6 Å². The average Bonchev–Trinajstić information content (AvgIpc) is 3.42. The zero-order valence-electron chi connectivity index (χ0n) is 19.8. The number of benzene rings is 1. The van der Waals surface area contributed by atoms with Crippen LogP contribution >= 0.6 is 11.3 Å². The number of rotatable bonds is 8. The molecule has 0 aliphatic heterocycles. The van der Waals surface area contributed by atoms with Crippen LogP contribution in [0.15, 0.2) is 66.3 Å². The van der Waals surface area contributed by atoms with Crippen LogP contribution in [0.3, 0.4) is 0 Å². The van der Waals surface area contributed by atoms with Gasteiger partial charge in [0.1, 0.15) is 6.04 Å². The summed E-state index contributed by atoms with van der Waals surface area (Å²) in [6, 6.07) is 13.7. The normalized spacial score (nSPS) is 14.7. The van der Waals surface area contributed by atoms with Gasteiger partial charge in [-0.1, -0.05) is 49.6 Å². The smallest absolute Gasteiger partial charge is 0.261 e. The van der Waals surface area contributed by atoms with Crippen molar-refractivity contribution < 1.29 is 14.4 Å². The zero-order valence-corrected chi connectivity index (χ0v) is 20.6. The Morgan fingerprint density at radius 3 is 2.54 bits per heavy atom. The Kier molecular flexibility index (Phi) is 8.26. The Bertz CT molecular complexity index is 1140. The average molecular weight is 491 g/mol. The molecule has 182 valence electrons. The summed E-state index contributed by atoms with van der Waals surface area (Å²) in [5.41, 5.74) is 2.09. The van der Waals surface area contributed by atoms with Gasteiger partial charge in [0.05, 0.1) is 11.4 Å². The second kappa shape index (κ2) is 11.8. The molecule has 0 bridgehead atoms. The largest absolute Gasteiger partial charge is 0.351 e. The van der Waals surface area contributed by atoms with Crippen molar-refractivity contribution in [2.75, 3.05) is 11.4 Å². The van der Waals surface area contributed by atoms with Gasteiger partial charge in [0.2, 0.25) is 11.8 Å². The quantitative estimate of drug-likeness (QED) is 0.490. The summed E-state index contributed by atoms with van der Waals surface area (Å²) in [5.74, 6) is -0.939. The topological polar surface area (TPSA) is 91.4 Å². The number of pyridine rings is 1. The van der Waals surface area contributed by atoms with Crippen LogP contribution in [0.25, 0.3) is 0 Å². The van der Waals surface area contributed by atoms with Gasteiger partial charge in [0.25, 0.3) is 5.91 Å². The molecule has 1 saturated carbocycles. The van der Waals surface area contributed by atoms with Crippen molar-refractivity contribution >= 4 is 34.7 Å². The highest BCUT2D eigenvalue weighted by Crippen LogP contribution is 2.31. The molecule has 1 atom stereocenters. The Morgan fingerprint density at radius 2 is 1.86 bits per heavy atom. The van der Waals surface area contributed by atoms with E-state index in [1.165, 1.54) is 22.7 Å². The summed E-state index contributed by atoms with van der Waals surface area (Å²) >= 11 is 1.31. The van der Waals surface area contributed by atoms with Gasteiger partial charge in [-0.15, -0.1) is 11.3 Å². The Hall–Kier alpha value is -3.52. The van der Waals surface area contributed by atoms with Crippen LogP contribution < -0.4 is 15.5 Å². The van der Waals surface area contributed by atoms with E-state index in [9.17, 15) is 14.4 Å². The molecule has 1 aromatic carbocycles. The number of amides is 3. The third-order valence-electron chi connectivity index (χ3n) is 6.25.